The lowest BCUT2D eigenvalue weighted by Gasteiger charge is -2.16. The number of ether oxygens (including phenoxy) is 1. The third-order valence-electron chi connectivity index (χ3n) is 4.31. The van der Waals surface area contributed by atoms with Gasteiger partial charge in [-0.15, -0.1) is 0 Å². The second kappa shape index (κ2) is 7.57. The van der Waals surface area contributed by atoms with Gasteiger partial charge in [0, 0.05) is 17.1 Å². The SMILES string of the molecule is CCc1nc2ccccc2c(C(=O)O[C@H](C)C(=O)Nc2cc(C)on2)c1C. The van der Waals surface area contributed by atoms with Crippen molar-refractivity contribution in [2.75, 3.05) is 5.32 Å². The van der Waals surface area contributed by atoms with Crippen molar-refractivity contribution in [2.45, 2.75) is 40.2 Å². The largest absolute Gasteiger partial charge is 0.449 e. The molecule has 0 fully saturated rings. The Morgan fingerprint density at radius 1 is 1.26 bits per heavy atom. The van der Waals surface area contributed by atoms with Crippen molar-refractivity contribution >= 4 is 28.6 Å². The van der Waals surface area contributed by atoms with E-state index in [2.05, 4.69) is 15.5 Å². The van der Waals surface area contributed by atoms with Crippen LogP contribution in [0.25, 0.3) is 10.9 Å². The number of carbonyl (C=O) groups is 2. The highest BCUT2D eigenvalue weighted by atomic mass is 16.5. The molecule has 2 heterocycles. The third kappa shape index (κ3) is 3.81. The van der Waals surface area contributed by atoms with Crippen LogP contribution < -0.4 is 5.32 Å². The highest BCUT2D eigenvalue weighted by Crippen LogP contribution is 2.25. The molecule has 0 aliphatic rings. The molecule has 3 rings (SSSR count). The molecule has 1 aromatic carbocycles. The predicted octanol–water partition coefficient (Wildman–Crippen LogP) is 3.59. The number of aryl methyl sites for hydroxylation is 2. The van der Waals surface area contributed by atoms with Gasteiger partial charge in [-0.1, -0.05) is 30.3 Å². The summed E-state index contributed by atoms with van der Waals surface area (Å²) in [7, 11) is 0. The van der Waals surface area contributed by atoms with E-state index in [1.54, 1.807) is 13.0 Å². The van der Waals surface area contributed by atoms with Crippen LogP contribution in [0.5, 0.6) is 0 Å². The molecule has 0 aliphatic heterocycles. The maximum Gasteiger partial charge on any atom is 0.339 e. The van der Waals surface area contributed by atoms with Gasteiger partial charge in [-0.3, -0.25) is 9.78 Å². The van der Waals surface area contributed by atoms with E-state index in [0.717, 1.165) is 16.8 Å². The van der Waals surface area contributed by atoms with Gasteiger partial charge < -0.3 is 14.6 Å². The first kappa shape index (κ1) is 18.6. The number of nitrogens with one attached hydrogen (secondary N) is 1. The Balaban J connectivity index is 1.85. The summed E-state index contributed by atoms with van der Waals surface area (Å²) in [6, 6.07) is 8.98. The summed E-state index contributed by atoms with van der Waals surface area (Å²) in [5, 5.41) is 6.96. The van der Waals surface area contributed by atoms with Crippen LogP contribution in [0.15, 0.2) is 34.9 Å². The van der Waals surface area contributed by atoms with Crippen LogP contribution >= 0.6 is 0 Å². The number of anilines is 1. The molecule has 1 atom stereocenters. The molecule has 0 bridgehead atoms. The number of hydrogen-bond acceptors (Lipinski definition) is 6. The van der Waals surface area contributed by atoms with Crippen molar-refractivity contribution in [1.82, 2.24) is 10.1 Å². The summed E-state index contributed by atoms with van der Waals surface area (Å²) in [4.78, 5) is 29.7. The standard InChI is InChI=1S/C20H21N3O4/c1-5-15-12(3)18(14-8-6-7-9-16(14)21-15)20(25)26-13(4)19(24)22-17-10-11(2)27-23-17/h6-10,13H,5H2,1-4H3,(H,22,23,24)/t13-/m1/s1. The molecule has 0 unspecified atom stereocenters. The van der Waals surface area contributed by atoms with E-state index in [1.807, 2.05) is 38.1 Å². The highest BCUT2D eigenvalue weighted by Gasteiger charge is 2.24. The number of amides is 1. The molecule has 1 N–H and O–H groups in total. The lowest BCUT2D eigenvalue weighted by molar-refractivity contribution is -0.123. The number of benzene rings is 1. The molecule has 1 amide bonds. The van der Waals surface area contributed by atoms with Gasteiger partial charge in [-0.2, -0.15) is 0 Å². The maximum atomic E-state index is 12.9. The van der Waals surface area contributed by atoms with Crippen LogP contribution in [-0.4, -0.2) is 28.1 Å². The van der Waals surface area contributed by atoms with Gasteiger partial charge in [0.25, 0.3) is 5.91 Å². The van der Waals surface area contributed by atoms with E-state index in [1.165, 1.54) is 6.92 Å². The number of rotatable bonds is 5. The molecule has 3 aromatic rings. The quantitative estimate of drug-likeness (QED) is 0.693. The summed E-state index contributed by atoms with van der Waals surface area (Å²) in [5.74, 6) is -0.191. The molecule has 0 radical (unpaired) electrons. The summed E-state index contributed by atoms with van der Waals surface area (Å²) in [6.45, 7) is 7.06. The van der Waals surface area contributed by atoms with E-state index < -0.39 is 18.0 Å². The Hall–Kier alpha value is -3.22. The second-order valence-corrected chi connectivity index (χ2v) is 6.29. The minimum atomic E-state index is -0.995. The topological polar surface area (TPSA) is 94.3 Å². The summed E-state index contributed by atoms with van der Waals surface area (Å²) in [6.07, 6.45) is -0.302. The average Bonchev–Trinajstić information content (AvgIpc) is 3.05. The van der Waals surface area contributed by atoms with Gasteiger partial charge in [0.05, 0.1) is 11.1 Å². The van der Waals surface area contributed by atoms with Crippen LogP contribution in [0.2, 0.25) is 0 Å². The number of pyridine rings is 1. The summed E-state index contributed by atoms with van der Waals surface area (Å²) >= 11 is 0. The number of carbonyl (C=O) groups excluding carboxylic acids is 2. The van der Waals surface area contributed by atoms with E-state index in [-0.39, 0.29) is 5.82 Å². The van der Waals surface area contributed by atoms with Gasteiger partial charge >= 0.3 is 5.97 Å². The first-order valence-corrected chi connectivity index (χ1v) is 8.74. The Morgan fingerprint density at radius 3 is 2.67 bits per heavy atom. The van der Waals surface area contributed by atoms with Crippen molar-refractivity contribution < 1.29 is 18.8 Å². The first-order valence-electron chi connectivity index (χ1n) is 8.74. The number of fused-ring (bicyclic) bond motifs is 1. The summed E-state index contributed by atoms with van der Waals surface area (Å²) < 4.78 is 10.3. The van der Waals surface area contributed by atoms with E-state index in [4.69, 9.17) is 9.26 Å². The van der Waals surface area contributed by atoms with Gasteiger partial charge in [0.2, 0.25) is 0 Å². The van der Waals surface area contributed by atoms with E-state index in [0.29, 0.717) is 23.1 Å². The van der Waals surface area contributed by atoms with Crippen molar-refractivity contribution in [2.24, 2.45) is 0 Å². The zero-order chi connectivity index (χ0) is 19.6. The van der Waals surface area contributed by atoms with E-state index >= 15 is 0 Å². The van der Waals surface area contributed by atoms with Crippen molar-refractivity contribution in [3.8, 4) is 0 Å². The number of esters is 1. The fraction of sp³-hybridized carbons (Fsp3) is 0.300. The van der Waals surface area contributed by atoms with Crippen LogP contribution in [0, 0.1) is 13.8 Å². The van der Waals surface area contributed by atoms with Crippen molar-refractivity contribution in [1.29, 1.82) is 0 Å². The predicted molar refractivity (Wildman–Crippen MR) is 101 cm³/mol. The van der Waals surface area contributed by atoms with Crippen molar-refractivity contribution in [3.05, 3.63) is 52.9 Å². The zero-order valence-electron chi connectivity index (χ0n) is 15.7. The van der Waals surface area contributed by atoms with E-state index in [9.17, 15) is 9.59 Å². The van der Waals surface area contributed by atoms with Crippen LogP contribution in [0.3, 0.4) is 0 Å². The second-order valence-electron chi connectivity index (χ2n) is 6.29. The normalized spacial score (nSPS) is 12.0. The van der Waals surface area contributed by atoms with Crippen molar-refractivity contribution in [3.63, 3.8) is 0 Å². The first-order chi connectivity index (χ1) is 12.9. The van der Waals surface area contributed by atoms with Gasteiger partial charge in [-0.25, -0.2) is 4.79 Å². The maximum absolute atomic E-state index is 12.9. The molecule has 0 aliphatic carbocycles. The Bertz CT molecular complexity index is 1010. The van der Waals surface area contributed by atoms with Gasteiger partial charge in [-0.05, 0) is 38.8 Å². The fourth-order valence-electron chi connectivity index (χ4n) is 2.89. The number of aromatic nitrogens is 2. The molecule has 0 saturated carbocycles. The molecule has 0 saturated heterocycles. The average molecular weight is 367 g/mol. The Kier molecular flexibility index (Phi) is 5.21. The molecule has 2 aromatic heterocycles. The molecule has 0 spiro atoms. The molecule has 7 nitrogen and oxygen atoms in total. The molecule has 7 heteroatoms. The van der Waals surface area contributed by atoms with Gasteiger partial charge in [0.15, 0.2) is 11.9 Å². The van der Waals surface area contributed by atoms with Crippen LogP contribution in [0.4, 0.5) is 5.82 Å². The fourth-order valence-corrected chi connectivity index (χ4v) is 2.89. The minimum Gasteiger partial charge on any atom is -0.449 e. The minimum absolute atomic E-state index is 0.277. The molecule has 27 heavy (non-hydrogen) atoms. The third-order valence-corrected chi connectivity index (χ3v) is 4.31. The van der Waals surface area contributed by atoms with Crippen LogP contribution in [0.1, 0.15) is 41.2 Å². The smallest absolute Gasteiger partial charge is 0.339 e. The number of nitrogens with zero attached hydrogens (tertiary/aromatic N) is 2. The number of para-hydroxylation sites is 1. The molecular weight excluding hydrogens is 346 g/mol. The van der Waals surface area contributed by atoms with Gasteiger partial charge in [0.1, 0.15) is 5.76 Å². The zero-order valence-corrected chi connectivity index (χ0v) is 15.7. The molecular formula is C20H21N3O4. The van der Waals surface area contributed by atoms with Crippen LogP contribution in [-0.2, 0) is 16.0 Å². The lowest BCUT2D eigenvalue weighted by atomic mass is 10.0. The number of hydrogen-bond donors (Lipinski definition) is 1. The monoisotopic (exact) mass is 367 g/mol. The lowest BCUT2D eigenvalue weighted by Crippen LogP contribution is -2.30. The molecule has 140 valence electrons. The summed E-state index contributed by atoms with van der Waals surface area (Å²) in [5.41, 5.74) is 2.76. The Morgan fingerprint density at radius 2 is 2.00 bits per heavy atom. The Labute approximate surface area is 156 Å². The highest BCUT2D eigenvalue weighted by molar-refractivity contribution is 6.06.